The molecule has 2 aliphatic heterocycles. The Balaban J connectivity index is 1.49. The van der Waals surface area contributed by atoms with Crippen molar-refractivity contribution >= 4 is 11.7 Å². The molecule has 1 aromatic heterocycles. The Morgan fingerprint density at radius 1 is 1.04 bits per heavy atom. The Bertz CT molecular complexity index is 554. The fraction of sp³-hybridized carbons (Fsp3) is 0.706. The summed E-state index contributed by atoms with van der Waals surface area (Å²) in [7, 11) is 0. The van der Waals surface area contributed by atoms with Gasteiger partial charge in [-0.1, -0.05) is 12.8 Å². The van der Waals surface area contributed by atoms with E-state index in [0.717, 1.165) is 31.7 Å². The minimum absolute atomic E-state index is 0.00525. The first-order valence-electron chi connectivity index (χ1n) is 8.84. The zero-order valence-corrected chi connectivity index (χ0v) is 13.5. The van der Waals surface area contributed by atoms with Gasteiger partial charge >= 0.3 is 0 Å². The molecule has 2 atom stereocenters. The quantitative estimate of drug-likeness (QED) is 0.833. The van der Waals surface area contributed by atoms with Crippen LogP contribution in [0.15, 0.2) is 12.1 Å². The van der Waals surface area contributed by atoms with E-state index in [2.05, 4.69) is 15.1 Å². The lowest BCUT2D eigenvalue weighted by molar-refractivity contribution is -0.0754. The van der Waals surface area contributed by atoms with Gasteiger partial charge in [0.2, 0.25) is 0 Å². The fourth-order valence-corrected chi connectivity index (χ4v) is 4.05. The third-order valence-corrected chi connectivity index (χ3v) is 5.29. The number of nitrogens with zero attached hydrogens (tertiary/aromatic N) is 4. The molecule has 0 spiro atoms. The van der Waals surface area contributed by atoms with Gasteiger partial charge in [0.05, 0.1) is 18.8 Å². The fourth-order valence-electron chi connectivity index (χ4n) is 4.05. The summed E-state index contributed by atoms with van der Waals surface area (Å²) < 4.78 is 5.85. The second-order valence-electron chi connectivity index (χ2n) is 6.73. The Labute approximate surface area is 136 Å². The summed E-state index contributed by atoms with van der Waals surface area (Å²) in [6, 6.07) is 3.98. The van der Waals surface area contributed by atoms with Gasteiger partial charge in [-0.15, -0.1) is 10.2 Å². The molecule has 23 heavy (non-hydrogen) atoms. The molecule has 6 heteroatoms. The predicted molar refractivity (Wildman–Crippen MR) is 86.5 cm³/mol. The molecule has 0 aromatic carbocycles. The molecule has 1 aliphatic carbocycles. The molecular weight excluding hydrogens is 292 g/mol. The largest absolute Gasteiger partial charge is 0.374 e. The third kappa shape index (κ3) is 2.92. The number of hydrogen-bond acceptors (Lipinski definition) is 5. The van der Waals surface area contributed by atoms with Crippen molar-refractivity contribution in [3.8, 4) is 0 Å². The molecule has 3 fully saturated rings. The van der Waals surface area contributed by atoms with E-state index >= 15 is 0 Å². The van der Waals surface area contributed by atoms with Crippen molar-refractivity contribution in [1.82, 2.24) is 15.1 Å². The monoisotopic (exact) mass is 316 g/mol. The van der Waals surface area contributed by atoms with Crippen molar-refractivity contribution < 1.29 is 9.53 Å². The van der Waals surface area contributed by atoms with E-state index in [0.29, 0.717) is 18.8 Å². The second kappa shape index (κ2) is 6.43. The van der Waals surface area contributed by atoms with Crippen LogP contribution >= 0.6 is 0 Å². The summed E-state index contributed by atoms with van der Waals surface area (Å²) in [5.74, 6) is 0.891. The van der Waals surface area contributed by atoms with Crippen LogP contribution in [0.5, 0.6) is 0 Å². The SMILES string of the molecule is O=C(c1ccc(N2CCCC2)nn1)N1CCO[C@@H]2CCCC[C@@H]21. The lowest BCUT2D eigenvalue weighted by atomic mass is 9.90. The van der Waals surface area contributed by atoms with Gasteiger partial charge in [0.25, 0.3) is 5.91 Å². The number of ether oxygens (including phenoxy) is 1. The zero-order valence-electron chi connectivity index (χ0n) is 13.5. The minimum Gasteiger partial charge on any atom is -0.374 e. The molecule has 6 nitrogen and oxygen atoms in total. The summed E-state index contributed by atoms with van der Waals surface area (Å²) in [6.45, 7) is 3.37. The van der Waals surface area contributed by atoms with Crippen LogP contribution in [0.2, 0.25) is 0 Å². The molecule has 3 heterocycles. The predicted octanol–water partition coefficient (Wildman–Crippen LogP) is 1.86. The zero-order chi connectivity index (χ0) is 15.6. The number of aromatic nitrogens is 2. The standard InChI is InChI=1S/C17H24N4O2/c22-17(21-11-12-23-15-6-2-1-5-14(15)21)13-7-8-16(19-18-13)20-9-3-4-10-20/h7-8,14-15H,1-6,9-12H2/t14-,15+/m0/s1. The number of amides is 1. The lowest BCUT2D eigenvalue weighted by Gasteiger charge is -2.43. The molecular formula is C17H24N4O2. The van der Waals surface area contributed by atoms with Crippen LogP contribution in [0.1, 0.15) is 49.0 Å². The van der Waals surface area contributed by atoms with Crippen molar-refractivity contribution in [1.29, 1.82) is 0 Å². The maximum absolute atomic E-state index is 12.8. The van der Waals surface area contributed by atoms with Crippen LogP contribution in [0.25, 0.3) is 0 Å². The lowest BCUT2D eigenvalue weighted by Crippen LogP contribution is -2.55. The summed E-state index contributed by atoms with van der Waals surface area (Å²) in [6.07, 6.45) is 7.10. The van der Waals surface area contributed by atoms with Crippen molar-refractivity contribution in [2.45, 2.75) is 50.7 Å². The van der Waals surface area contributed by atoms with Gasteiger partial charge in [0.15, 0.2) is 11.5 Å². The smallest absolute Gasteiger partial charge is 0.274 e. The molecule has 0 bridgehead atoms. The van der Waals surface area contributed by atoms with E-state index in [1.165, 1.54) is 25.7 Å². The van der Waals surface area contributed by atoms with Gasteiger partial charge in [0.1, 0.15) is 0 Å². The summed E-state index contributed by atoms with van der Waals surface area (Å²) >= 11 is 0. The third-order valence-electron chi connectivity index (χ3n) is 5.29. The maximum Gasteiger partial charge on any atom is 0.274 e. The maximum atomic E-state index is 12.8. The number of anilines is 1. The Hall–Kier alpha value is -1.69. The van der Waals surface area contributed by atoms with Crippen LogP contribution in [0.4, 0.5) is 5.82 Å². The Morgan fingerprint density at radius 2 is 1.87 bits per heavy atom. The highest BCUT2D eigenvalue weighted by atomic mass is 16.5. The molecule has 0 unspecified atom stereocenters. The molecule has 0 N–H and O–H groups in total. The first kappa shape index (κ1) is 14.9. The van der Waals surface area contributed by atoms with Crippen LogP contribution in [-0.4, -0.2) is 59.4 Å². The van der Waals surface area contributed by atoms with E-state index in [9.17, 15) is 4.79 Å². The van der Waals surface area contributed by atoms with E-state index in [1.54, 1.807) is 0 Å². The molecule has 0 radical (unpaired) electrons. The number of carbonyl (C=O) groups is 1. The summed E-state index contributed by atoms with van der Waals surface area (Å²) in [4.78, 5) is 17.0. The topological polar surface area (TPSA) is 58.6 Å². The van der Waals surface area contributed by atoms with Crippen LogP contribution < -0.4 is 4.90 Å². The first-order valence-corrected chi connectivity index (χ1v) is 8.84. The van der Waals surface area contributed by atoms with Crippen molar-refractivity contribution in [3.63, 3.8) is 0 Å². The molecule has 1 aromatic rings. The van der Waals surface area contributed by atoms with Gasteiger partial charge < -0.3 is 14.5 Å². The van der Waals surface area contributed by atoms with Crippen molar-refractivity contribution in [3.05, 3.63) is 17.8 Å². The number of fused-ring (bicyclic) bond motifs is 1. The van der Waals surface area contributed by atoms with Crippen LogP contribution in [0, 0.1) is 0 Å². The molecule has 1 amide bonds. The average molecular weight is 316 g/mol. The van der Waals surface area contributed by atoms with E-state index in [-0.39, 0.29) is 18.1 Å². The van der Waals surface area contributed by atoms with Crippen LogP contribution in [0.3, 0.4) is 0 Å². The highest BCUT2D eigenvalue weighted by Crippen LogP contribution is 2.29. The van der Waals surface area contributed by atoms with Crippen molar-refractivity contribution in [2.24, 2.45) is 0 Å². The van der Waals surface area contributed by atoms with Gasteiger partial charge in [-0.2, -0.15) is 0 Å². The molecule has 4 rings (SSSR count). The van der Waals surface area contributed by atoms with E-state index in [1.807, 2.05) is 17.0 Å². The summed E-state index contributed by atoms with van der Waals surface area (Å²) in [5.41, 5.74) is 0.458. The van der Waals surface area contributed by atoms with E-state index in [4.69, 9.17) is 4.74 Å². The van der Waals surface area contributed by atoms with Gasteiger partial charge in [-0.3, -0.25) is 4.79 Å². The number of morpholine rings is 1. The van der Waals surface area contributed by atoms with Crippen molar-refractivity contribution in [2.75, 3.05) is 31.1 Å². The molecule has 124 valence electrons. The normalized spacial score (nSPS) is 27.8. The molecule has 3 aliphatic rings. The first-order chi connectivity index (χ1) is 11.3. The number of carbonyl (C=O) groups excluding carboxylic acids is 1. The second-order valence-corrected chi connectivity index (χ2v) is 6.73. The highest BCUT2D eigenvalue weighted by Gasteiger charge is 2.37. The van der Waals surface area contributed by atoms with E-state index < -0.39 is 0 Å². The van der Waals surface area contributed by atoms with Gasteiger partial charge in [-0.05, 0) is 37.8 Å². The minimum atomic E-state index is 0.00525. The van der Waals surface area contributed by atoms with Gasteiger partial charge in [-0.25, -0.2) is 0 Å². The summed E-state index contributed by atoms with van der Waals surface area (Å²) in [5, 5.41) is 8.49. The average Bonchev–Trinajstić information content (AvgIpc) is 3.15. The molecule has 2 saturated heterocycles. The molecule has 1 saturated carbocycles. The number of rotatable bonds is 2. The van der Waals surface area contributed by atoms with Crippen LogP contribution in [-0.2, 0) is 4.74 Å². The number of hydrogen-bond donors (Lipinski definition) is 0. The Kier molecular flexibility index (Phi) is 4.16. The van der Waals surface area contributed by atoms with Gasteiger partial charge in [0, 0.05) is 19.6 Å². The highest BCUT2D eigenvalue weighted by molar-refractivity contribution is 5.92. The Morgan fingerprint density at radius 3 is 2.65 bits per heavy atom.